The van der Waals surface area contributed by atoms with Crippen molar-refractivity contribution in [3.8, 4) is 0 Å². The van der Waals surface area contributed by atoms with Crippen molar-refractivity contribution in [3.05, 3.63) is 60.9 Å². The minimum atomic E-state index is -0.669. The lowest BCUT2D eigenvalue weighted by Gasteiger charge is -2.09. The van der Waals surface area contributed by atoms with Crippen molar-refractivity contribution in [3.63, 3.8) is 0 Å². The first-order chi connectivity index (χ1) is 12.0. The normalized spacial score (nSPS) is 9.58. The number of hydrogen-bond donors (Lipinski definition) is 3. The molecule has 3 rings (SSSR count). The highest BCUT2D eigenvalue weighted by atomic mass is 19.1. The third-order valence-corrected chi connectivity index (χ3v) is 2.59. The Morgan fingerprint density at radius 3 is 2.00 bits per heavy atom. The number of nitrogens with one attached hydrogen (secondary N) is 2. The average molecular weight is 362 g/mol. The highest BCUT2D eigenvalue weighted by molar-refractivity contribution is 5.53. The number of aromatic nitrogens is 5. The largest absolute Gasteiger partial charge is 0.352 e. The van der Waals surface area contributed by atoms with Crippen LogP contribution in [-0.2, 0) is 0 Å². The topological polar surface area (TPSA) is 124 Å². The molecule has 5 N–H and O–H groups in total. The Morgan fingerprint density at radius 1 is 0.885 bits per heavy atom. The number of hydrogen-bond acceptors (Lipinski definition) is 8. The number of rotatable bonds is 4. The third kappa shape index (κ3) is 7.53. The zero-order chi connectivity index (χ0) is 18.1. The molecule has 0 unspecified atom stereocenters. The molecular weight excluding hydrogens is 342 g/mol. The first-order valence-electron chi connectivity index (χ1n) is 7.41. The summed E-state index contributed by atoms with van der Waals surface area (Å²) in [6, 6.07) is 5.05. The van der Waals surface area contributed by atoms with Crippen LogP contribution in [0.25, 0.3) is 0 Å². The summed E-state index contributed by atoms with van der Waals surface area (Å²) >= 11 is 0. The summed E-state index contributed by atoms with van der Waals surface area (Å²) < 4.78 is 26.1. The lowest BCUT2D eigenvalue weighted by molar-refractivity contribution is 0.584. The lowest BCUT2D eigenvalue weighted by Crippen LogP contribution is -2.13. The Labute approximate surface area is 149 Å². The van der Waals surface area contributed by atoms with Gasteiger partial charge in [0.25, 0.3) is 0 Å². The van der Waals surface area contributed by atoms with E-state index in [0.29, 0.717) is 5.95 Å². The second kappa shape index (κ2) is 10.6. The standard InChI is InChI=1S/C12H13F2N5.C4H4N2.H3N/c1-7(2)17-11-15-6-16-12(19-11)18-10-4-8(13)3-9(14)5-10;1-2-5-4-6-3-1;/h3-7H,1-2H3,(H2,15,16,17,18,19);1-4H;1H3. The molecule has 26 heavy (non-hydrogen) atoms. The smallest absolute Gasteiger partial charge is 0.231 e. The quantitative estimate of drug-likeness (QED) is 0.645. The van der Waals surface area contributed by atoms with E-state index in [1.165, 1.54) is 12.7 Å². The highest BCUT2D eigenvalue weighted by Crippen LogP contribution is 2.16. The van der Waals surface area contributed by atoms with Gasteiger partial charge in [0, 0.05) is 30.2 Å². The predicted octanol–water partition coefficient (Wildman–Crippen LogP) is 3.35. The minimum Gasteiger partial charge on any atom is -0.352 e. The van der Waals surface area contributed by atoms with Crippen LogP contribution in [0.15, 0.2) is 49.3 Å². The molecule has 0 spiro atoms. The molecule has 0 aliphatic heterocycles. The maximum Gasteiger partial charge on any atom is 0.231 e. The molecule has 0 saturated carbocycles. The fourth-order valence-corrected chi connectivity index (χ4v) is 1.69. The lowest BCUT2D eigenvalue weighted by atomic mass is 10.3. The van der Waals surface area contributed by atoms with Crippen molar-refractivity contribution < 1.29 is 8.78 Å². The molecule has 0 aliphatic rings. The Balaban J connectivity index is 0.000000410. The summed E-state index contributed by atoms with van der Waals surface area (Å²) in [5.74, 6) is -0.735. The van der Waals surface area contributed by atoms with Gasteiger partial charge in [0.15, 0.2) is 0 Å². The van der Waals surface area contributed by atoms with Crippen LogP contribution in [0.3, 0.4) is 0 Å². The second-order valence-corrected chi connectivity index (χ2v) is 5.12. The molecule has 3 aromatic rings. The molecule has 10 heteroatoms. The van der Waals surface area contributed by atoms with Gasteiger partial charge >= 0.3 is 0 Å². The fraction of sp³-hybridized carbons (Fsp3) is 0.188. The van der Waals surface area contributed by atoms with E-state index >= 15 is 0 Å². The van der Waals surface area contributed by atoms with Crippen LogP contribution in [0.1, 0.15) is 13.8 Å². The van der Waals surface area contributed by atoms with Crippen LogP contribution >= 0.6 is 0 Å². The van der Waals surface area contributed by atoms with Crippen LogP contribution in [0, 0.1) is 11.6 Å². The molecule has 2 aromatic heterocycles. The van der Waals surface area contributed by atoms with Crippen LogP contribution in [-0.4, -0.2) is 31.0 Å². The Kier molecular flexibility index (Phi) is 8.44. The zero-order valence-corrected chi connectivity index (χ0v) is 14.4. The summed E-state index contributed by atoms with van der Waals surface area (Å²) in [7, 11) is 0. The van der Waals surface area contributed by atoms with Gasteiger partial charge in [-0.05, 0) is 32.0 Å². The SMILES string of the molecule is CC(C)Nc1ncnc(Nc2cc(F)cc(F)c2)n1.N.c1cncnc1. The van der Waals surface area contributed by atoms with Crippen LogP contribution in [0.4, 0.5) is 26.4 Å². The van der Waals surface area contributed by atoms with Crippen molar-refractivity contribution in [2.75, 3.05) is 10.6 Å². The van der Waals surface area contributed by atoms with E-state index in [4.69, 9.17) is 0 Å². The molecule has 138 valence electrons. The number of benzene rings is 1. The van der Waals surface area contributed by atoms with E-state index in [-0.39, 0.29) is 23.8 Å². The number of halogens is 2. The summed E-state index contributed by atoms with van der Waals surface area (Å²) in [6.45, 7) is 3.89. The van der Waals surface area contributed by atoms with E-state index in [1.807, 2.05) is 13.8 Å². The molecular formula is C16H20F2N8. The Morgan fingerprint density at radius 2 is 1.50 bits per heavy atom. The van der Waals surface area contributed by atoms with E-state index in [9.17, 15) is 8.78 Å². The van der Waals surface area contributed by atoms with Gasteiger partial charge in [0.2, 0.25) is 11.9 Å². The summed E-state index contributed by atoms with van der Waals surface area (Å²) in [5, 5.41) is 5.72. The molecule has 0 radical (unpaired) electrons. The highest BCUT2D eigenvalue weighted by Gasteiger charge is 2.05. The molecule has 0 bridgehead atoms. The maximum atomic E-state index is 13.0. The van der Waals surface area contributed by atoms with Gasteiger partial charge in [0.05, 0.1) is 0 Å². The van der Waals surface area contributed by atoms with E-state index < -0.39 is 11.6 Å². The summed E-state index contributed by atoms with van der Waals surface area (Å²) in [6.07, 6.45) is 6.19. The van der Waals surface area contributed by atoms with Gasteiger partial charge in [-0.2, -0.15) is 4.98 Å². The zero-order valence-electron chi connectivity index (χ0n) is 14.4. The van der Waals surface area contributed by atoms with Crippen molar-refractivity contribution >= 4 is 17.6 Å². The fourth-order valence-electron chi connectivity index (χ4n) is 1.69. The number of anilines is 3. The maximum absolute atomic E-state index is 13.0. The van der Waals surface area contributed by atoms with Crippen LogP contribution in [0.5, 0.6) is 0 Å². The van der Waals surface area contributed by atoms with Crippen molar-refractivity contribution in [2.45, 2.75) is 19.9 Å². The molecule has 1 aromatic carbocycles. The first-order valence-corrected chi connectivity index (χ1v) is 7.41. The van der Waals surface area contributed by atoms with Gasteiger partial charge in [0.1, 0.15) is 24.3 Å². The van der Waals surface area contributed by atoms with Crippen molar-refractivity contribution in [2.24, 2.45) is 0 Å². The molecule has 0 atom stereocenters. The Hall–Kier alpha value is -3.27. The molecule has 0 saturated heterocycles. The molecule has 0 aliphatic carbocycles. The van der Waals surface area contributed by atoms with Crippen molar-refractivity contribution in [1.82, 2.24) is 31.1 Å². The molecule has 0 fully saturated rings. The van der Waals surface area contributed by atoms with Gasteiger partial charge in [-0.1, -0.05) is 0 Å². The Bertz CT molecular complexity index is 739. The van der Waals surface area contributed by atoms with Crippen LogP contribution < -0.4 is 16.8 Å². The second-order valence-electron chi connectivity index (χ2n) is 5.12. The summed E-state index contributed by atoms with van der Waals surface area (Å²) in [5.41, 5.74) is 0.235. The van der Waals surface area contributed by atoms with Crippen LogP contribution in [0.2, 0.25) is 0 Å². The van der Waals surface area contributed by atoms with Gasteiger partial charge in [-0.3, -0.25) is 0 Å². The molecule has 8 nitrogen and oxygen atoms in total. The average Bonchev–Trinajstić information content (AvgIpc) is 2.56. The molecule has 0 amide bonds. The third-order valence-electron chi connectivity index (χ3n) is 2.59. The van der Waals surface area contributed by atoms with Gasteiger partial charge < -0.3 is 16.8 Å². The van der Waals surface area contributed by atoms with E-state index in [1.54, 1.807) is 18.5 Å². The summed E-state index contributed by atoms with van der Waals surface area (Å²) in [4.78, 5) is 19.2. The van der Waals surface area contributed by atoms with E-state index in [0.717, 1.165) is 18.2 Å². The molecule has 2 heterocycles. The number of nitrogens with zero attached hydrogens (tertiary/aromatic N) is 5. The first kappa shape index (κ1) is 20.8. The van der Waals surface area contributed by atoms with E-state index in [2.05, 4.69) is 35.6 Å². The van der Waals surface area contributed by atoms with Gasteiger partial charge in [-0.25, -0.2) is 28.7 Å². The minimum absolute atomic E-state index is 0. The monoisotopic (exact) mass is 362 g/mol. The van der Waals surface area contributed by atoms with Gasteiger partial charge in [-0.15, -0.1) is 0 Å². The predicted molar refractivity (Wildman–Crippen MR) is 95.3 cm³/mol. The van der Waals surface area contributed by atoms with Crippen molar-refractivity contribution in [1.29, 1.82) is 0 Å².